The molecule has 0 fully saturated rings. The first-order valence-corrected chi connectivity index (χ1v) is 5.96. The Morgan fingerprint density at radius 1 is 1.06 bits per heavy atom. The average Bonchev–Trinajstić information content (AvgIpc) is 2.80. The van der Waals surface area contributed by atoms with Crippen molar-refractivity contribution in [1.29, 1.82) is 0 Å². The van der Waals surface area contributed by atoms with Gasteiger partial charge < -0.3 is 10.1 Å². The second-order valence-electron chi connectivity index (χ2n) is 4.64. The number of aromatic nitrogens is 2. The van der Waals surface area contributed by atoms with Gasteiger partial charge in [0.15, 0.2) is 5.65 Å². The van der Waals surface area contributed by atoms with Gasteiger partial charge in [-0.1, -0.05) is 29.8 Å². The first-order chi connectivity index (χ1) is 8.65. The first kappa shape index (κ1) is 10.8. The summed E-state index contributed by atoms with van der Waals surface area (Å²) >= 11 is 0. The van der Waals surface area contributed by atoms with E-state index < -0.39 is 0 Å². The number of hydrogen-bond acceptors (Lipinski definition) is 2. The SMILES string of the molecule is Cc1ccc(-c2cn3ccc(C)c(N)c3n2)cc1. The molecule has 3 nitrogen and oxygen atoms in total. The number of rotatable bonds is 1. The van der Waals surface area contributed by atoms with Crippen molar-refractivity contribution in [3.8, 4) is 11.3 Å². The molecule has 18 heavy (non-hydrogen) atoms. The fraction of sp³-hybridized carbons (Fsp3) is 0.133. The second-order valence-corrected chi connectivity index (χ2v) is 4.64. The van der Waals surface area contributed by atoms with Crippen molar-refractivity contribution in [1.82, 2.24) is 9.38 Å². The van der Waals surface area contributed by atoms with E-state index in [1.54, 1.807) is 0 Å². The van der Waals surface area contributed by atoms with Crippen LogP contribution in [-0.2, 0) is 0 Å². The van der Waals surface area contributed by atoms with E-state index >= 15 is 0 Å². The zero-order valence-electron chi connectivity index (χ0n) is 10.5. The monoisotopic (exact) mass is 237 g/mol. The number of aryl methyl sites for hydroxylation is 2. The van der Waals surface area contributed by atoms with E-state index in [1.165, 1.54) is 5.56 Å². The van der Waals surface area contributed by atoms with Crippen molar-refractivity contribution in [2.75, 3.05) is 5.73 Å². The highest BCUT2D eigenvalue weighted by atomic mass is 15.0. The van der Waals surface area contributed by atoms with Gasteiger partial charge in [0, 0.05) is 18.0 Å². The number of benzene rings is 1. The molecule has 0 radical (unpaired) electrons. The molecule has 3 heteroatoms. The standard InChI is InChI=1S/C15H15N3/c1-10-3-5-12(6-4-10)13-9-18-8-7-11(2)14(16)15(18)17-13/h3-9H,16H2,1-2H3. The Morgan fingerprint density at radius 3 is 2.50 bits per heavy atom. The molecule has 3 aromatic rings. The summed E-state index contributed by atoms with van der Waals surface area (Å²) in [5.41, 5.74) is 12.0. The topological polar surface area (TPSA) is 43.3 Å². The van der Waals surface area contributed by atoms with Gasteiger partial charge >= 0.3 is 0 Å². The van der Waals surface area contributed by atoms with E-state index in [0.717, 1.165) is 28.2 Å². The summed E-state index contributed by atoms with van der Waals surface area (Å²) in [5.74, 6) is 0. The zero-order valence-corrected chi connectivity index (χ0v) is 10.5. The van der Waals surface area contributed by atoms with Gasteiger partial charge in [-0.2, -0.15) is 0 Å². The minimum atomic E-state index is 0.746. The van der Waals surface area contributed by atoms with Gasteiger partial charge in [-0.15, -0.1) is 0 Å². The lowest BCUT2D eigenvalue weighted by Gasteiger charge is -2.00. The Hall–Kier alpha value is -2.29. The minimum Gasteiger partial charge on any atom is -0.395 e. The summed E-state index contributed by atoms with van der Waals surface area (Å²) in [6.07, 6.45) is 4.00. The Balaban J connectivity index is 2.19. The Bertz CT molecular complexity index is 708. The van der Waals surface area contributed by atoms with E-state index in [1.807, 2.05) is 29.8 Å². The van der Waals surface area contributed by atoms with Gasteiger partial charge in [-0.05, 0) is 25.5 Å². The molecule has 0 atom stereocenters. The number of fused-ring (bicyclic) bond motifs is 1. The average molecular weight is 237 g/mol. The van der Waals surface area contributed by atoms with Crippen molar-refractivity contribution < 1.29 is 0 Å². The van der Waals surface area contributed by atoms with Crippen molar-refractivity contribution in [3.63, 3.8) is 0 Å². The molecule has 0 spiro atoms. The highest BCUT2D eigenvalue weighted by Crippen LogP contribution is 2.23. The number of nitrogen functional groups attached to an aromatic ring is 1. The molecule has 0 unspecified atom stereocenters. The summed E-state index contributed by atoms with van der Waals surface area (Å²) < 4.78 is 1.97. The number of anilines is 1. The molecular formula is C15H15N3. The Morgan fingerprint density at radius 2 is 1.78 bits per heavy atom. The highest BCUT2D eigenvalue weighted by Gasteiger charge is 2.07. The highest BCUT2D eigenvalue weighted by molar-refractivity contribution is 5.73. The lowest BCUT2D eigenvalue weighted by atomic mass is 10.1. The van der Waals surface area contributed by atoms with Gasteiger partial charge in [0.05, 0.1) is 11.4 Å². The molecule has 0 saturated heterocycles. The predicted molar refractivity (Wildman–Crippen MR) is 74.5 cm³/mol. The quantitative estimate of drug-likeness (QED) is 0.706. The predicted octanol–water partition coefficient (Wildman–Crippen LogP) is 3.20. The molecule has 0 saturated carbocycles. The van der Waals surface area contributed by atoms with E-state index in [-0.39, 0.29) is 0 Å². The van der Waals surface area contributed by atoms with Crippen LogP contribution in [0.3, 0.4) is 0 Å². The lowest BCUT2D eigenvalue weighted by molar-refractivity contribution is 1.17. The Labute approximate surface area is 106 Å². The van der Waals surface area contributed by atoms with Crippen molar-refractivity contribution in [2.45, 2.75) is 13.8 Å². The number of imidazole rings is 1. The van der Waals surface area contributed by atoms with Crippen molar-refractivity contribution in [2.24, 2.45) is 0 Å². The van der Waals surface area contributed by atoms with Crippen LogP contribution in [0, 0.1) is 13.8 Å². The summed E-state index contributed by atoms with van der Waals surface area (Å²) in [6, 6.07) is 10.4. The van der Waals surface area contributed by atoms with Crippen LogP contribution < -0.4 is 5.73 Å². The Kier molecular flexibility index (Phi) is 2.33. The summed E-state index contributed by atoms with van der Waals surface area (Å²) in [6.45, 7) is 4.07. The number of hydrogen-bond donors (Lipinski definition) is 1. The normalized spacial score (nSPS) is 11.0. The molecule has 0 aliphatic carbocycles. The van der Waals surface area contributed by atoms with Crippen molar-refractivity contribution >= 4 is 11.3 Å². The van der Waals surface area contributed by atoms with Gasteiger partial charge in [0.2, 0.25) is 0 Å². The third-order valence-electron chi connectivity index (χ3n) is 3.23. The van der Waals surface area contributed by atoms with Gasteiger partial charge in [0.1, 0.15) is 0 Å². The fourth-order valence-corrected chi connectivity index (χ4v) is 2.03. The van der Waals surface area contributed by atoms with Crippen LogP contribution in [0.5, 0.6) is 0 Å². The maximum Gasteiger partial charge on any atom is 0.160 e. The molecule has 0 bridgehead atoms. The smallest absolute Gasteiger partial charge is 0.160 e. The largest absolute Gasteiger partial charge is 0.395 e. The molecule has 3 rings (SSSR count). The molecule has 2 N–H and O–H groups in total. The molecular weight excluding hydrogens is 222 g/mol. The van der Waals surface area contributed by atoms with Crippen LogP contribution in [0.1, 0.15) is 11.1 Å². The summed E-state index contributed by atoms with van der Waals surface area (Å²) in [7, 11) is 0. The summed E-state index contributed by atoms with van der Waals surface area (Å²) in [4.78, 5) is 4.61. The van der Waals surface area contributed by atoms with Crippen LogP contribution in [0.15, 0.2) is 42.7 Å². The molecule has 1 aromatic carbocycles. The van der Waals surface area contributed by atoms with Gasteiger partial charge in [-0.25, -0.2) is 4.98 Å². The third-order valence-corrected chi connectivity index (χ3v) is 3.23. The van der Waals surface area contributed by atoms with Gasteiger partial charge in [-0.3, -0.25) is 0 Å². The molecule has 2 aromatic heterocycles. The third kappa shape index (κ3) is 1.64. The minimum absolute atomic E-state index is 0.746. The molecule has 90 valence electrons. The number of nitrogens with zero attached hydrogens (tertiary/aromatic N) is 2. The molecule has 0 aliphatic rings. The fourth-order valence-electron chi connectivity index (χ4n) is 2.03. The number of pyridine rings is 1. The summed E-state index contributed by atoms with van der Waals surface area (Å²) in [5, 5.41) is 0. The maximum absolute atomic E-state index is 6.05. The van der Waals surface area contributed by atoms with Crippen molar-refractivity contribution in [3.05, 3.63) is 53.9 Å². The molecule has 2 heterocycles. The zero-order chi connectivity index (χ0) is 12.7. The lowest BCUT2D eigenvalue weighted by Crippen LogP contribution is -1.94. The van der Waals surface area contributed by atoms with Crippen LogP contribution in [-0.4, -0.2) is 9.38 Å². The molecule has 0 amide bonds. The van der Waals surface area contributed by atoms with Crippen LogP contribution >= 0.6 is 0 Å². The second kappa shape index (κ2) is 3.88. The van der Waals surface area contributed by atoms with Gasteiger partial charge in [0.25, 0.3) is 0 Å². The number of nitrogens with two attached hydrogens (primary N) is 1. The van der Waals surface area contributed by atoms with E-state index in [9.17, 15) is 0 Å². The molecule has 0 aliphatic heterocycles. The first-order valence-electron chi connectivity index (χ1n) is 5.96. The maximum atomic E-state index is 6.05. The van der Waals surface area contributed by atoms with Crippen LogP contribution in [0.2, 0.25) is 0 Å². The van der Waals surface area contributed by atoms with Crippen LogP contribution in [0.4, 0.5) is 5.69 Å². The van der Waals surface area contributed by atoms with E-state index in [2.05, 4.69) is 36.2 Å². The van der Waals surface area contributed by atoms with E-state index in [0.29, 0.717) is 0 Å². The van der Waals surface area contributed by atoms with E-state index in [4.69, 9.17) is 5.73 Å². The van der Waals surface area contributed by atoms with Crippen LogP contribution in [0.25, 0.3) is 16.9 Å².